The van der Waals surface area contributed by atoms with Crippen LogP contribution in [0.2, 0.25) is 0 Å². The van der Waals surface area contributed by atoms with Crippen molar-refractivity contribution in [1.82, 2.24) is 5.32 Å². The Morgan fingerprint density at radius 2 is 2.00 bits per heavy atom. The standard InChI is InChI=1S/C16H20F3NO3/c1-3-4-9-22-12(2)15(21)20-10-13-5-7-14(8-6-13)23-11-16(17,18)19/h3,5-8,12H,1,4,9-11H2,2H3,(H,20,21)/t12-/m0/s1. The second-order valence-electron chi connectivity index (χ2n) is 4.86. The van der Waals surface area contributed by atoms with Gasteiger partial charge in [-0.15, -0.1) is 6.58 Å². The smallest absolute Gasteiger partial charge is 0.422 e. The highest BCUT2D eigenvalue weighted by molar-refractivity contribution is 5.80. The van der Waals surface area contributed by atoms with Crippen LogP contribution in [0.1, 0.15) is 18.9 Å². The van der Waals surface area contributed by atoms with Crippen LogP contribution in [0.4, 0.5) is 13.2 Å². The van der Waals surface area contributed by atoms with E-state index in [9.17, 15) is 18.0 Å². The predicted molar refractivity (Wildman–Crippen MR) is 80.1 cm³/mol. The molecule has 0 aliphatic heterocycles. The quantitative estimate of drug-likeness (QED) is 0.558. The van der Waals surface area contributed by atoms with Crippen LogP contribution in [0.3, 0.4) is 0 Å². The summed E-state index contributed by atoms with van der Waals surface area (Å²) < 4.78 is 46.0. The van der Waals surface area contributed by atoms with Gasteiger partial charge in [-0.25, -0.2) is 0 Å². The molecule has 0 aliphatic rings. The maximum atomic E-state index is 12.0. The first-order valence-electron chi connectivity index (χ1n) is 7.10. The Hall–Kier alpha value is -2.02. The van der Waals surface area contributed by atoms with E-state index in [2.05, 4.69) is 16.6 Å². The number of benzene rings is 1. The Balaban J connectivity index is 2.37. The summed E-state index contributed by atoms with van der Waals surface area (Å²) in [5.74, 6) is -0.134. The van der Waals surface area contributed by atoms with Gasteiger partial charge in [0.15, 0.2) is 6.61 Å². The summed E-state index contributed by atoms with van der Waals surface area (Å²) in [6, 6.07) is 6.04. The van der Waals surface area contributed by atoms with Gasteiger partial charge in [0.1, 0.15) is 11.9 Å². The summed E-state index contributed by atoms with van der Waals surface area (Å²) in [4.78, 5) is 11.8. The maximum absolute atomic E-state index is 12.0. The number of halogens is 3. The molecule has 1 rings (SSSR count). The summed E-state index contributed by atoms with van der Waals surface area (Å²) in [6.07, 6.45) is -2.58. The molecule has 0 bridgehead atoms. The van der Waals surface area contributed by atoms with E-state index >= 15 is 0 Å². The summed E-state index contributed by atoms with van der Waals surface area (Å²) in [6.45, 7) is 4.55. The molecule has 0 spiro atoms. The molecule has 0 saturated carbocycles. The van der Waals surface area contributed by atoms with Crippen LogP contribution in [0, 0.1) is 0 Å². The number of rotatable bonds is 9. The van der Waals surface area contributed by atoms with Crippen molar-refractivity contribution in [2.75, 3.05) is 13.2 Å². The zero-order chi connectivity index (χ0) is 17.3. The number of nitrogens with one attached hydrogen (secondary N) is 1. The third-order valence-corrected chi connectivity index (χ3v) is 2.85. The van der Waals surface area contributed by atoms with Crippen LogP contribution in [-0.4, -0.2) is 31.4 Å². The molecule has 128 valence electrons. The molecule has 1 amide bonds. The summed E-state index contributed by atoms with van der Waals surface area (Å²) in [7, 11) is 0. The van der Waals surface area contributed by atoms with Gasteiger partial charge in [0.25, 0.3) is 0 Å². The van der Waals surface area contributed by atoms with Gasteiger partial charge in [-0.1, -0.05) is 18.2 Å². The lowest BCUT2D eigenvalue weighted by Crippen LogP contribution is -2.34. The van der Waals surface area contributed by atoms with Gasteiger partial charge < -0.3 is 14.8 Å². The SMILES string of the molecule is C=CCCO[C@@H](C)C(=O)NCc1ccc(OCC(F)(F)F)cc1. The number of ether oxygens (including phenoxy) is 2. The molecule has 0 radical (unpaired) electrons. The van der Waals surface area contributed by atoms with Crippen molar-refractivity contribution in [3.63, 3.8) is 0 Å². The minimum absolute atomic E-state index is 0.124. The van der Waals surface area contributed by atoms with Gasteiger partial charge in [0.2, 0.25) is 5.91 Å². The van der Waals surface area contributed by atoms with Gasteiger partial charge in [-0.05, 0) is 31.0 Å². The average molecular weight is 331 g/mol. The van der Waals surface area contributed by atoms with Crippen molar-refractivity contribution < 1.29 is 27.4 Å². The number of carbonyl (C=O) groups is 1. The Morgan fingerprint density at radius 1 is 1.35 bits per heavy atom. The fraction of sp³-hybridized carbons (Fsp3) is 0.438. The van der Waals surface area contributed by atoms with E-state index in [1.807, 2.05) is 0 Å². The highest BCUT2D eigenvalue weighted by Gasteiger charge is 2.28. The molecule has 1 N–H and O–H groups in total. The van der Waals surface area contributed by atoms with Crippen molar-refractivity contribution >= 4 is 5.91 Å². The molecule has 0 unspecified atom stereocenters. The van der Waals surface area contributed by atoms with Crippen molar-refractivity contribution in [3.8, 4) is 5.75 Å². The second kappa shape index (κ2) is 9.19. The largest absolute Gasteiger partial charge is 0.484 e. The molecule has 23 heavy (non-hydrogen) atoms. The average Bonchev–Trinajstić information content (AvgIpc) is 2.51. The van der Waals surface area contributed by atoms with E-state index < -0.39 is 18.9 Å². The Labute approximate surface area is 133 Å². The molecule has 0 fully saturated rings. The first-order valence-corrected chi connectivity index (χ1v) is 7.10. The van der Waals surface area contributed by atoms with E-state index in [1.54, 1.807) is 25.1 Å². The van der Waals surface area contributed by atoms with Gasteiger partial charge in [0.05, 0.1) is 6.61 Å². The minimum Gasteiger partial charge on any atom is -0.484 e. The highest BCUT2D eigenvalue weighted by Crippen LogP contribution is 2.18. The zero-order valence-corrected chi connectivity index (χ0v) is 12.9. The summed E-state index contributed by atoms with van der Waals surface area (Å²) >= 11 is 0. The Bertz CT molecular complexity index is 500. The lowest BCUT2D eigenvalue weighted by Gasteiger charge is -2.13. The molecule has 1 aromatic rings. The molecular weight excluding hydrogens is 311 g/mol. The molecule has 0 saturated heterocycles. The molecule has 1 atom stereocenters. The van der Waals surface area contributed by atoms with E-state index in [0.717, 1.165) is 5.56 Å². The van der Waals surface area contributed by atoms with E-state index in [1.165, 1.54) is 12.1 Å². The molecule has 7 heteroatoms. The van der Waals surface area contributed by atoms with Crippen LogP contribution < -0.4 is 10.1 Å². The molecular formula is C16H20F3NO3. The third-order valence-electron chi connectivity index (χ3n) is 2.85. The Morgan fingerprint density at radius 3 is 2.57 bits per heavy atom. The summed E-state index contributed by atoms with van der Waals surface area (Å²) in [5, 5.41) is 2.69. The highest BCUT2D eigenvalue weighted by atomic mass is 19.4. The lowest BCUT2D eigenvalue weighted by atomic mass is 10.2. The fourth-order valence-corrected chi connectivity index (χ4v) is 1.61. The number of hydrogen-bond donors (Lipinski definition) is 1. The van der Waals surface area contributed by atoms with Crippen LogP contribution in [0.15, 0.2) is 36.9 Å². The van der Waals surface area contributed by atoms with Gasteiger partial charge in [-0.3, -0.25) is 4.79 Å². The third kappa shape index (κ3) is 8.25. The van der Waals surface area contributed by atoms with Crippen molar-refractivity contribution in [1.29, 1.82) is 0 Å². The normalized spacial score (nSPS) is 12.5. The Kier molecular flexibility index (Phi) is 7.61. The monoisotopic (exact) mass is 331 g/mol. The first kappa shape index (κ1) is 19.0. The van der Waals surface area contributed by atoms with E-state index in [0.29, 0.717) is 13.0 Å². The van der Waals surface area contributed by atoms with Crippen LogP contribution in [0.25, 0.3) is 0 Å². The zero-order valence-electron chi connectivity index (χ0n) is 12.9. The van der Waals surface area contributed by atoms with Crippen molar-refractivity contribution in [2.24, 2.45) is 0 Å². The fourth-order valence-electron chi connectivity index (χ4n) is 1.61. The van der Waals surface area contributed by atoms with E-state index in [4.69, 9.17) is 4.74 Å². The van der Waals surface area contributed by atoms with Gasteiger partial charge in [-0.2, -0.15) is 13.2 Å². The van der Waals surface area contributed by atoms with Crippen LogP contribution in [-0.2, 0) is 16.1 Å². The van der Waals surface area contributed by atoms with Crippen LogP contribution in [0.5, 0.6) is 5.75 Å². The van der Waals surface area contributed by atoms with E-state index in [-0.39, 0.29) is 18.2 Å². The number of alkyl halides is 3. The van der Waals surface area contributed by atoms with Crippen molar-refractivity contribution in [2.45, 2.75) is 32.2 Å². The first-order chi connectivity index (χ1) is 10.8. The molecule has 1 aromatic carbocycles. The number of hydrogen-bond acceptors (Lipinski definition) is 3. The molecule has 0 heterocycles. The lowest BCUT2D eigenvalue weighted by molar-refractivity contribution is -0.153. The van der Waals surface area contributed by atoms with Crippen molar-refractivity contribution in [3.05, 3.63) is 42.5 Å². The van der Waals surface area contributed by atoms with Crippen LogP contribution >= 0.6 is 0 Å². The van der Waals surface area contributed by atoms with Gasteiger partial charge >= 0.3 is 6.18 Å². The number of amides is 1. The molecule has 0 aliphatic carbocycles. The van der Waals surface area contributed by atoms with Gasteiger partial charge in [0, 0.05) is 6.54 Å². The second-order valence-corrected chi connectivity index (χ2v) is 4.86. The molecule has 4 nitrogen and oxygen atoms in total. The molecule has 0 aromatic heterocycles. The topological polar surface area (TPSA) is 47.6 Å². The predicted octanol–water partition coefficient (Wildman–Crippen LogP) is 3.23. The minimum atomic E-state index is -4.37. The summed E-state index contributed by atoms with van der Waals surface area (Å²) in [5.41, 5.74) is 0.746. The maximum Gasteiger partial charge on any atom is 0.422 e. The number of carbonyl (C=O) groups excluding carboxylic acids is 1.